The van der Waals surface area contributed by atoms with Gasteiger partial charge < -0.3 is 9.47 Å². The Kier molecular flexibility index (Phi) is 6.91. The minimum atomic E-state index is -4.33. The largest absolute Gasteiger partial charge is 0.494 e. The fourth-order valence-electron chi connectivity index (χ4n) is 2.26. The van der Waals surface area contributed by atoms with Crippen LogP contribution in [0.25, 0.3) is 0 Å². The van der Waals surface area contributed by atoms with Crippen LogP contribution in [0, 0.1) is 5.82 Å². The van der Waals surface area contributed by atoms with Crippen molar-refractivity contribution in [2.45, 2.75) is 11.8 Å². The van der Waals surface area contributed by atoms with E-state index in [-0.39, 0.29) is 33.0 Å². The lowest BCUT2D eigenvalue weighted by Crippen LogP contribution is -2.36. The van der Waals surface area contributed by atoms with Crippen LogP contribution in [0.3, 0.4) is 0 Å². The Hall–Kier alpha value is -2.03. The summed E-state index contributed by atoms with van der Waals surface area (Å²) in [5.41, 5.74) is 0.0387. The molecular weight excluding hydrogens is 420 g/mol. The zero-order valence-electron chi connectivity index (χ0n) is 14.4. The summed E-state index contributed by atoms with van der Waals surface area (Å²) in [4.78, 5) is 11.6. The maximum atomic E-state index is 14.0. The molecule has 0 saturated carbocycles. The number of halogens is 3. The van der Waals surface area contributed by atoms with Crippen molar-refractivity contribution in [3.8, 4) is 5.75 Å². The highest BCUT2D eigenvalue weighted by Gasteiger charge is 2.29. The van der Waals surface area contributed by atoms with Crippen LogP contribution in [0.1, 0.15) is 6.92 Å². The molecule has 0 saturated heterocycles. The zero-order chi connectivity index (χ0) is 20.2. The number of nitrogens with zero attached hydrogens (tertiary/aromatic N) is 1. The van der Waals surface area contributed by atoms with Crippen LogP contribution in [-0.4, -0.2) is 34.6 Å². The van der Waals surface area contributed by atoms with E-state index >= 15 is 0 Å². The van der Waals surface area contributed by atoms with Crippen molar-refractivity contribution in [1.29, 1.82) is 0 Å². The molecule has 2 aromatic rings. The van der Waals surface area contributed by atoms with E-state index in [0.717, 1.165) is 10.4 Å². The van der Waals surface area contributed by atoms with Gasteiger partial charge in [-0.25, -0.2) is 12.8 Å². The minimum Gasteiger partial charge on any atom is -0.494 e. The summed E-state index contributed by atoms with van der Waals surface area (Å²) in [6, 6.07) is 7.21. The second-order valence-corrected chi connectivity index (χ2v) is 7.98. The van der Waals surface area contributed by atoms with Crippen molar-refractivity contribution >= 4 is 44.9 Å². The summed E-state index contributed by atoms with van der Waals surface area (Å²) in [5, 5.41) is 0.338. The van der Waals surface area contributed by atoms with Gasteiger partial charge in [-0.1, -0.05) is 23.2 Å². The van der Waals surface area contributed by atoms with E-state index in [2.05, 4.69) is 0 Å². The summed E-state index contributed by atoms with van der Waals surface area (Å²) in [7, 11) is -3.07. The molecule has 2 rings (SSSR count). The Bertz CT molecular complexity index is 932. The first kappa shape index (κ1) is 21.3. The molecule has 0 amide bonds. The number of anilines is 1. The molecule has 2 aromatic carbocycles. The van der Waals surface area contributed by atoms with Crippen molar-refractivity contribution in [2.75, 3.05) is 24.6 Å². The molecule has 6 nitrogen and oxygen atoms in total. The Morgan fingerprint density at radius 2 is 1.78 bits per heavy atom. The van der Waals surface area contributed by atoms with Crippen LogP contribution < -0.4 is 9.04 Å². The van der Waals surface area contributed by atoms with Gasteiger partial charge in [-0.3, -0.25) is 9.10 Å². The second kappa shape index (κ2) is 8.77. The molecule has 10 heteroatoms. The highest BCUT2D eigenvalue weighted by Crippen LogP contribution is 2.31. The summed E-state index contributed by atoms with van der Waals surface area (Å²) >= 11 is 11.9. The van der Waals surface area contributed by atoms with Gasteiger partial charge in [0.15, 0.2) is 11.6 Å². The van der Waals surface area contributed by atoms with E-state index < -0.39 is 28.4 Å². The van der Waals surface area contributed by atoms with E-state index in [0.29, 0.717) is 0 Å². The fraction of sp³-hybridized carbons (Fsp3) is 0.235. The maximum Gasteiger partial charge on any atom is 0.326 e. The van der Waals surface area contributed by atoms with Gasteiger partial charge in [0.2, 0.25) is 0 Å². The van der Waals surface area contributed by atoms with Crippen LogP contribution in [-0.2, 0) is 19.6 Å². The first-order valence-electron chi connectivity index (χ1n) is 7.67. The number of hydrogen-bond donors (Lipinski definition) is 0. The maximum absolute atomic E-state index is 14.0. The molecule has 0 atom stereocenters. The van der Waals surface area contributed by atoms with E-state index in [1.165, 1.54) is 37.4 Å². The number of methoxy groups -OCH3 is 1. The molecule has 146 valence electrons. The number of esters is 1. The van der Waals surface area contributed by atoms with Crippen molar-refractivity contribution in [3.05, 3.63) is 52.3 Å². The first-order valence-corrected chi connectivity index (χ1v) is 9.86. The Labute approximate surface area is 166 Å². The van der Waals surface area contributed by atoms with Gasteiger partial charge in [0.1, 0.15) is 6.54 Å². The van der Waals surface area contributed by atoms with Crippen LogP contribution in [0.2, 0.25) is 10.0 Å². The Morgan fingerprint density at radius 3 is 2.30 bits per heavy atom. The molecule has 0 spiro atoms. The first-order chi connectivity index (χ1) is 12.7. The van der Waals surface area contributed by atoms with Gasteiger partial charge in [0, 0.05) is 10.0 Å². The average Bonchev–Trinajstić information content (AvgIpc) is 2.58. The molecule has 0 aromatic heterocycles. The summed E-state index contributed by atoms with van der Waals surface area (Å²) in [6.07, 6.45) is 0. The van der Waals surface area contributed by atoms with E-state index in [4.69, 9.17) is 32.7 Å². The van der Waals surface area contributed by atoms with Crippen molar-refractivity contribution in [3.63, 3.8) is 0 Å². The third-order valence-electron chi connectivity index (χ3n) is 3.42. The SMILES string of the molecule is CCOC(=O)CN(c1cc(Cl)cc(Cl)c1)S(=O)(=O)c1ccc(OC)c(F)c1. The second-order valence-electron chi connectivity index (χ2n) is 5.24. The fourth-order valence-corrected chi connectivity index (χ4v) is 4.18. The summed E-state index contributed by atoms with van der Waals surface area (Å²) in [6.45, 7) is 1.02. The Balaban J connectivity index is 2.56. The number of benzene rings is 2. The number of hydrogen-bond acceptors (Lipinski definition) is 5. The normalized spacial score (nSPS) is 11.1. The van der Waals surface area contributed by atoms with Crippen molar-refractivity contribution in [2.24, 2.45) is 0 Å². The van der Waals surface area contributed by atoms with Gasteiger partial charge in [0.25, 0.3) is 10.0 Å². The molecule has 0 aliphatic heterocycles. The number of carbonyl (C=O) groups excluding carboxylic acids is 1. The molecule has 0 unspecified atom stereocenters. The molecule has 0 N–H and O–H groups in total. The third kappa shape index (κ3) is 5.03. The van der Waals surface area contributed by atoms with Crippen LogP contribution in [0.15, 0.2) is 41.3 Å². The predicted octanol–water partition coefficient (Wildman–Crippen LogP) is 3.90. The van der Waals surface area contributed by atoms with Gasteiger partial charge in [-0.05, 0) is 43.3 Å². The molecule has 0 radical (unpaired) electrons. The molecule has 0 fully saturated rings. The average molecular weight is 436 g/mol. The quantitative estimate of drug-likeness (QED) is 0.616. The summed E-state index contributed by atoms with van der Waals surface area (Å²) in [5.74, 6) is -1.76. The minimum absolute atomic E-state index is 0.0387. The van der Waals surface area contributed by atoms with E-state index in [9.17, 15) is 17.6 Å². The van der Waals surface area contributed by atoms with Crippen LogP contribution in [0.5, 0.6) is 5.75 Å². The molecule has 0 aliphatic rings. The highest BCUT2D eigenvalue weighted by molar-refractivity contribution is 7.92. The monoisotopic (exact) mass is 435 g/mol. The molecule has 0 aliphatic carbocycles. The lowest BCUT2D eigenvalue weighted by atomic mass is 10.3. The lowest BCUT2D eigenvalue weighted by Gasteiger charge is -2.24. The number of sulfonamides is 1. The smallest absolute Gasteiger partial charge is 0.326 e. The zero-order valence-corrected chi connectivity index (χ0v) is 16.7. The Morgan fingerprint density at radius 1 is 1.15 bits per heavy atom. The van der Waals surface area contributed by atoms with E-state index in [1.54, 1.807) is 6.92 Å². The molecular formula is C17H16Cl2FNO5S. The van der Waals surface area contributed by atoms with Crippen LogP contribution in [0.4, 0.5) is 10.1 Å². The number of rotatable bonds is 7. The van der Waals surface area contributed by atoms with Gasteiger partial charge >= 0.3 is 5.97 Å². The summed E-state index contributed by atoms with van der Waals surface area (Å²) < 4.78 is 50.5. The van der Waals surface area contributed by atoms with E-state index in [1.807, 2.05) is 0 Å². The van der Waals surface area contributed by atoms with Gasteiger partial charge in [-0.2, -0.15) is 0 Å². The highest BCUT2D eigenvalue weighted by atomic mass is 35.5. The topological polar surface area (TPSA) is 72.9 Å². The number of carbonyl (C=O) groups is 1. The van der Waals surface area contributed by atoms with Crippen molar-refractivity contribution in [1.82, 2.24) is 0 Å². The number of ether oxygens (including phenoxy) is 2. The predicted molar refractivity (Wildman–Crippen MR) is 101 cm³/mol. The third-order valence-corrected chi connectivity index (χ3v) is 5.63. The van der Waals surface area contributed by atoms with Crippen molar-refractivity contribution < 1.29 is 27.1 Å². The lowest BCUT2D eigenvalue weighted by molar-refractivity contribution is -0.141. The molecule has 0 bridgehead atoms. The van der Waals surface area contributed by atoms with Gasteiger partial charge in [-0.15, -0.1) is 0 Å². The molecule has 0 heterocycles. The standard InChI is InChI=1S/C17H16Cl2FNO5S/c1-3-26-17(22)10-21(13-7-11(18)6-12(19)8-13)27(23,24)14-4-5-16(25-2)15(20)9-14/h4-9H,3,10H2,1-2H3. The molecule has 27 heavy (non-hydrogen) atoms. The van der Waals surface area contributed by atoms with Gasteiger partial charge in [0.05, 0.1) is 24.3 Å². The van der Waals surface area contributed by atoms with Crippen LogP contribution >= 0.6 is 23.2 Å².